The number of nitrogens with one attached hydrogen (secondary N) is 1. The number of rotatable bonds is 7. The number of ether oxygens (including phenoxy) is 2. The lowest BCUT2D eigenvalue weighted by molar-refractivity contribution is -0.117. The van der Waals surface area contributed by atoms with E-state index in [4.69, 9.17) is 20.2 Å². The maximum absolute atomic E-state index is 11.9. The second-order valence-electron chi connectivity index (χ2n) is 7.60. The summed E-state index contributed by atoms with van der Waals surface area (Å²) in [5.41, 5.74) is 9.47. The SMILES string of the molecule is COc1cc2[nH]c(O)c(C(=Nc3ccc(N(C)C(=O)CN)cc3)c3ccccc3)c2cc1OC. The van der Waals surface area contributed by atoms with Gasteiger partial charge in [-0.05, 0) is 30.3 Å². The second-order valence-corrected chi connectivity index (χ2v) is 7.60. The third-order valence-electron chi connectivity index (χ3n) is 5.59. The van der Waals surface area contributed by atoms with Gasteiger partial charge in [-0.25, -0.2) is 4.99 Å². The minimum absolute atomic E-state index is 0.0159. The highest BCUT2D eigenvalue weighted by molar-refractivity contribution is 6.22. The number of carbonyl (C=O) groups excluding carboxylic acids is 1. The number of nitrogens with zero attached hydrogens (tertiary/aromatic N) is 2. The Hall–Kier alpha value is -4.30. The first-order chi connectivity index (χ1) is 16.5. The maximum atomic E-state index is 11.9. The molecule has 0 radical (unpaired) electrons. The van der Waals surface area contributed by atoms with Crippen LogP contribution in [0.25, 0.3) is 10.9 Å². The number of aromatic nitrogens is 1. The van der Waals surface area contributed by atoms with Gasteiger partial charge in [-0.1, -0.05) is 30.3 Å². The summed E-state index contributed by atoms with van der Waals surface area (Å²) < 4.78 is 10.9. The molecule has 3 aromatic carbocycles. The number of likely N-dealkylation sites (N-methyl/N-ethyl adjacent to an activating group) is 1. The summed E-state index contributed by atoms with van der Waals surface area (Å²) in [5.74, 6) is 0.888. The Labute approximate surface area is 197 Å². The van der Waals surface area contributed by atoms with Crippen molar-refractivity contribution in [2.75, 3.05) is 32.7 Å². The summed E-state index contributed by atoms with van der Waals surface area (Å²) in [4.78, 5) is 21.3. The van der Waals surface area contributed by atoms with Crippen LogP contribution in [0.1, 0.15) is 11.1 Å². The number of methoxy groups -OCH3 is 2. The lowest BCUT2D eigenvalue weighted by atomic mass is 10.0. The summed E-state index contributed by atoms with van der Waals surface area (Å²) in [6.45, 7) is -0.0668. The van der Waals surface area contributed by atoms with E-state index in [1.807, 2.05) is 48.5 Å². The number of H-pyrrole nitrogens is 1. The van der Waals surface area contributed by atoms with Crippen molar-refractivity contribution in [2.24, 2.45) is 10.7 Å². The smallest absolute Gasteiger partial charge is 0.240 e. The normalized spacial score (nSPS) is 11.5. The van der Waals surface area contributed by atoms with Crippen LogP contribution < -0.4 is 20.1 Å². The molecular weight excluding hydrogens is 432 g/mol. The first-order valence-corrected chi connectivity index (χ1v) is 10.6. The van der Waals surface area contributed by atoms with Crippen LogP contribution in [0.15, 0.2) is 71.7 Å². The van der Waals surface area contributed by atoms with E-state index in [1.165, 1.54) is 4.90 Å². The summed E-state index contributed by atoms with van der Waals surface area (Å²) in [7, 11) is 4.80. The molecule has 4 rings (SSSR count). The first-order valence-electron chi connectivity index (χ1n) is 10.6. The zero-order valence-electron chi connectivity index (χ0n) is 19.2. The Morgan fingerprint density at radius 2 is 1.68 bits per heavy atom. The number of aromatic amines is 1. The molecule has 8 heteroatoms. The van der Waals surface area contributed by atoms with Crippen LogP contribution in [-0.2, 0) is 4.79 Å². The van der Waals surface area contributed by atoms with Crippen molar-refractivity contribution in [3.8, 4) is 17.4 Å². The molecule has 0 aliphatic heterocycles. The molecule has 0 saturated heterocycles. The van der Waals surface area contributed by atoms with Crippen LogP contribution in [-0.4, -0.2) is 49.5 Å². The van der Waals surface area contributed by atoms with Gasteiger partial charge in [0.15, 0.2) is 17.4 Å². The highest BCUT2D eigenvalue weighted by atomic mass is 16.5. The molecule has 0 unspecified atom stereocenters. The van der Waals surface area contributed by atoms with E-state index in [2.05, 4.69) is 4.98 Å². The standard InChI is InChI=1S/C26H26N4O4/c1-30(23(31)15-27)18-11-9-17(10-12-18)28-25(16-7-5-4-6-8-16)24-19-13-21(33-2)22(34-3)14-20(19)29-26(24)32/h4-14,29,32H,15,27H2,1-3H3. The highest BCUT2D eigenvalue weighted by Crippen LogP contribution is 2.38. The monoisotopic (exact) mass is 458 g/mol. The zero-order valence-corrected chi connectivity index (χ0v) is 19.2. The number of benzene rings is 3. The van der Waals surface area contributed by atoms with E-state index in [-0.39, 0.29) is 18.3 Å². The van der Waals surface area contributed by atoms with Gasteiger partial charge in [0.1, 0.15) is 0 Å². The van der Waals surface area contributed by atoms with Crippen LogP contribution in [0.4, 0.5) is 11.4 Å². The van der Waals surface area contributed by atoms with Gasteiger partial charge in [0, 0.05) is 29.8 Å². The quantitative estimate of drug-likeness (QED) is 0.363. The minimum atomic E-state index is -0.186. The molecule has 4 aromatic rings. The van der Waals surface area contributed by atoms with Gasteiger partial charge in [-0.2, -0.15) is 0 Å². The van der Waals surface area contributed by atoms with E-state index >= 15 is 0 Å². The van der Waals surface area contributed by atoms with Crippen LogP contribution in [0.5, 0.6) is 17.4 Å². The average Bonchev–Trinajstić information content (AvgIpc) is 3.20. The van der Waals surface area contributed by atoms with Crippen molar-refractivity contribution in [1.29, 1.82) is 0 Å². The second kappa shape index (κ2) is 9.68. The Morgan fingerprint density at radius 3 is 2.29 bits per heavy atom. The average molecular weight is 459 g/mol. The van der Waals surface area contributed by atoms with Crippen molar-refractivity contribution < 1.29 is 19.4 Å². The van der Waals surface area contributed by atoms with Gasteiger partial charge in [0.2, 0.25) is 5.91 Å². The molecule has 1 heterocycles. The molecule has 34 heavy (non-hydrogen) atoms. The first kappa shape index (κ1) is 22.9. The predicted molar refractivity (Wildman–Crippen MR) is 134 cm³/mol. The highest BCUT2D eigenvalue weighted by Gasteiger charge is 2.21. The number of hydrogen-bond acceptors (Lipinski definition) is 6. The molecule has 0 saturated carbocycles. The van der Waals surface area contributed by atoms with Crippen molar-refractivity contribution in [3.63, 3.8) is 0 Å². The van der Waals surface area contributed by atoms with E-state index in [0.717, 1.165) is 10.9 Å². The number of hydrogen-bond donors (Lipinski definition) is 3. The Kier molecular flexibility index (Phi) is 6.51. The van der Waals surface area contributed by atoms with Crippen molar-refractivity contribution in [3.05, 3.63) is 77.9 Å². The summed E-state index contributed by atoms with van der Waals surface area (Å²) >= 11 is 0. The Bertz CT molecular complexity index is 1340. The number of carbonyl (C=O) groups is 1. The summed E-state index contributed by atoms with van der Waals surface area (Å²) in [5, 5.41) is 11.6. The molecule has 174 valence electrons. The molecule has 8 nitrogen and oxygen atoms in total. The van der Waals surface area contributed by atoms with Crippen LogP contribution in [0.3, 0.4) is 0 Å². The van der Waals surface area contributed by atoms with Gasteiger partial charge in [-0.15, -0.1) is 0 Å². The molecule has 0 aliphatic rings. The Morgan fingerprint density at radius 1 is 1.03 bits per heavy atom. The van der Waals surface area contributed by atoms with Gasteiger partial charge >= 0.3 is 0 Å². The number of nitrogens with two attached hydrogens (primary N) is 1. The van der Waals surface area contributed by atoms with Crippen molar-refractivity contribution >= 4 is 33.9 Å². The zero-order chi connectivity index (χ0) is 24.2. The molecular formula is C26H26N4O4. The van der Waals surface area contributed by atoms with Gasteiger partial charge in [-0.3, -0.25) is 4.79 Å². The maximum Gasteiger partial charge on any atom is 0.240 e. The van der Waals surface area contributed by atoms with Crippen LogP contribution in [0, 0.1) is 0 Å². The molecule has 0 atom stereocenters. The van der Waals surface area contributed by atoms with E-state index < -0.39 is 0 Å². The molecule has 1 amide bonds. The molecule has 0 fully saturated rings. The lowest BCUT2D eigenvalue weighted by Gasteiger charge is -2.16. The summed E-state index contributed by atoms with van der Waals surface area (Å²) in [6.07, 6.45) is 0. The molecule has 0 spiro atoms. The van der Waals surface area contributed by atoms with Gasteiger partial charge < -0.3 is 30.2 Å². The van der Waals surface area contributed by atoms with Crippen molar-refractivity contribution in [1.82, 2.24) is 4.98 Å². The number of anilines is 1. The fourth-order valence-corrected chi connectivity index (χ4v) is 3.77. The van der Waals surface area contributed by atoms with E-state index in [0.29, 0.717) is 39.7 Å². The number of amides is 1. The van der Waals surface area contributed by atoms with Crippen LogP contribution >= 0.6 is 0 Å². The third kappa shape index (κ3) is 4.31. The topological polar surface area (TPSA) is 113 Å². The van der Waals surface area contributed by atoms with Gasteiger partial charge in [0.25, 0.3) is 0 Å². The molecule has 0 aliphatic carbocycles. The van der Waals surface area contributed by atoms with E-state index in [9.17, 15) is 9.90 Å². The lowest BCUT2D eigenvalue weighted by Crippen LogP contribution is -2.32. The number of fused-ring (bicyclic) bond motifs is 1. The molecule has 0 bridgehead atoms. The minimum Gasteiger partial charge on any atom is -0.494 e. The number of aliphatic imine (C=N–C) groups is 1. The largest absolute Gasteiger partial charge is 0.494 e. The fraction of sp³-hybridized carbons (Fsp3) is 0.154. The molecule has 4 N–H and O–H groups in total. The third-order valence-corrected chi connectivity index (χ3v) is 5.59. The summed E-state index contributed by atoms with van der Waals surface area (Å²) in [6, 6.07) is 20.4. The van der Waals surface area contributed by atoms with Crippen LogP contribution in [0.2, 0.25) is 0 Å². The number of aromatic hydroxyl groups is 1. The Balaban J connectivity index is 1.87. The van der Waals surface area contributed by atoms with E-state index in [1.54, 1.807) is 39.5 Å². The van der Waals surface area contributed by atoms with Crippen molar-refractivity contribution in [2.45, 2.75) is 0 Å². The molecule has 1 aromatic heterocycles. The fourth-order valence-electron chi connectivity index (χ4n) is 3.77. The predicted octanol–water partition coefficient (Wildman–Crippen LogP) is 3.98. The van der Waals surface area contributed by atoms with Gasteiger partial charge in [0.05, 0.1) is 43.2 Å².